The van der Waals surface area contributed by atoms with E-state index in [0.29, 0.717) is 0 Å². The lowest BCUT2D eigenvalue weighted by Crippen LogP contribution is -2.60. The highest BCUT2D eigenvalue weighted by Gasteiger charge is 2.47. The molecule has 2 aliphatic heterocycles. The number of benzene rings is 2. The number of fused-ring (bicyclic) bond motifs is 1. The van der Waals surface area contributed by atoms with Gasteiger partial charge in [-0.15, -0.1) is 0 Å². The zero-order chi connectivity index (χ0) is 30.5. The summed E-state index contributed by atoms with van der Waals surface area (Å²) in [7, 11) is 0. The van der Waals surface area contributed by atoms with Crippen LogP contribution in [-0.4, -0.2) is 119 Å². The second-order valence-corrected chi connectivity index (χ2v) is 10.1. The largest absolute Gasteiger partial charge is 0.504 e. The van der Waals surface area contributed by atoms with E-state index in [4.69, 9.17) is 18.6 Å². The van der Waals surface area contributed by atoms with Crippen molar-refractivity contribution in [3.63, 3.8) is 0 Å². The van der Waals surface area contributed by atoms with Crippen molar-refractivity contribution in [2.45, 2.75) is 61.2 Å². The van der Waals surface area contributed by atoms with Crippen molar-refractivity contribution in [3.8, 4) is 28.6 Å². The first-order chi connectivity index (χ1) is 19.9. The molecule has 0 spiro atoms. The minimum atomic E-state index is -1.85. The first kappa shape index (κ1) is 30.1. The highest BCUT2D eigenvalue weighted by molar-refractivity contribution is 5.82. The Morgan fingerprint density at radius 1 is 0.714 bits per heavy atom. The summed E-state index contributed by atoms with van der Waals surface area (Å²) >= 11 is 0. The Hall–Kier alpha value is -3.35. The number of phenolic OH excluding ortho intramolecular Hbond substituents is 2. The predicted octanol–water partition coefficient (Wildman–Crippen LogP) is -2.44. The standard InChI is InChI=1S/C27H30O15/c28-7-18-20(33)22(35)24(37)26(40-18)11-4-10-13(31)5-15(9-1-2-12(30)14(32)3-9)39-16(10)6-17(11)41-27-25(38)23(36)21(34)19(8-29)42-27/h1-6,18-30,32-38H,7-8H2. The van der Waals surface area contributed by atoms with Crippen LogP contribution < -0.4 is 10.2 Å². The minimum Gasteiger partial charge on any atom is -0.504 e. The van der Waals surface area contributed by atoms with E-state index in [1.807, 2.05) is 0 Å². The Morgan fingerprint density at radius 2 is 1.36 bits per heavy atom. The van der Waals surface area contributed by atoms with Crippen LogP contribution in [0.4, 0.5) is 0 Å². The second-order valence-electron chi connectivity index (χ2n) is 10.1. The van der Waals surface area contributed by atoms with Gasteiger partial charge in [-0.1, -0.05) is 0 Å². The van der Waals surface area contributed by atoms with Gasteiger partial charge in [-0.3, -0.25) is 4.79 Å². The van der Waals surface area contributed by atoms with Gasteiger partial charge in [0.25, 0.3) is 0 Å². The lowest BCUT2D eigenvalue weighted by molar-refractivity contribution is -0.278. The van der Waals surface area contributed by atoms with Crippen LogP contribution in [0.2, 0.25) is 0 Å². The average molecular weight is 595 g/mol. The van der Waals surface area contributed by atoms with Gasteiger partial charge in [0.15, 0.2) is 16.9 Å². The number of hydrogen-bond acceptors (Lipinski definition) is 15. The van der Waals surface area contributed by atoms with E-state index in [2.05, 4.69) is 0 Å². The second kappa shape index (κ2) is 11.7. The van der Waals surface area contributed by atoms with Gasteiger partial charge in [0.1, 0.15) is 72.0 Å². The number of aliphatic hydroxyl groups is 8. The fraction of sp³-hybridized carbons (Fsp3) is 0.444. The third kappa shape index (κ3) is 5.31. The van der Waals surface area contributed by atoms with Gasteiger partial charge in [-0.05, 0) is 24.3 Å². The Bertz CT molecular complexity index is 1490. The number of ether oxygens (including phenoxy) is 3. The van der Waals surface area contributed by atoms with Gasteiger partial charge in [-0.2, -0.15) is 0 Å². The minimum absolute atomic E-state index is 0.0258. The van der Waals surface area contributed by atoms with E-state index < -0.39 is 91.4 Å². The highest BCUT2D eigenvalue weighted by Crippen LogP contribution is 2.41. The van der Waals surface area contributed by atoms with Crippen molar-refractivity contribution in [1.82, 2.24) is 0 Å². The molecule has 228 valence electrons. The van der Waals surface area contributed by atoms with Gasteiger partial charge >= 0.3 is 0 Å². The van der Waals surface area contributed by atoms with Crippen LogP contribution in [-0.2, 0) is 9.47 Å². The van der Waals surface area contributed by atoms with Crippen LogP contribution >= 0.6 is 0 Å². The molecule has 3 heterocycles. The number of hydrogen-bond donors (Lipinski definition) is 10. The Balaban J connectivity index is 1.65. The first-order valence-electron chi connectivity index (χ1n) is 12.9. The summed E-state index contributed by atoms with van der Waals surface area (Å²) in [5.41, 5.74) is -0.612. The third-order valence-corrected chi connectivity index (χ3v) is 7.41. The molecule has 42 heavy (non-hydrogen) atoms. The lowest BCUT2D eigenvalue weighted by atomic mass is 9.90. The molecule has 5 rings (SSSR count). The van der Waals surface area contributed by atoms with Crippen LogP contribution in [0.25, 0.3) is 22.3 Å². The van der Waals surface area contributed by atoms with Crippen LogP contribution in [0.5, 0.6) is 17.2 Å². The molecule has 0 aliphatic carbocycles. The zero-order valence-electron chi connectivity index (χ0n) is 21.7. The van der Waals surface area contributed by atoms with Crippen molar-refractivity contribution in [1.29, 1.82) is 0 Å². The summed E-state index contributed by atoms with van der Waals surface area (Å²) in [5, 5.41) is 101. The van der Waals surface area contributed by atoms with E-state index in [1.54, 1.807) is 0 Å². The predicted molar refractivity (Wildman–Crippen MR) is 138 cm³/mol. The zero-order valence-corrected chi connectivity index (χ0v) is 21.7. The first-order valence-corrected chi connectivity index (χ1v) is 12.9. The van der Waals surface area contributed by atoms with E-state index in [-0.39, 0.29) is 33.6 Å². The normalized spacial score (nSPS) is 33.5. The summed E-state index contributed by atoms with van der Waals surface area (Å²) in [6.07, 6.45) is -16.5. The Kier molecular flexibility index (Phi) is 8.41. The van der Waals surface area contributed by atoms with Crippen molar-refractivity contribution in [2.24, 2.45) is 0 Å². The maximum absolute atomic E-state index is 13.2. The molecule has 3 aromatic rings. The maximum Gasteiger partial charge on any atom is 0.229 e. The number of aliphatic hydroxyl groups excluding tert-OH is 8. The summed E-state index contributed by atoms with van der Waals surface area (Å²) in [4.78, 5) is 13.2. The molecular formula is C27H30O15. The molecule has 2 aromatic carbocycles. The highest BCUT2D eigenvalue weighted by atomic mass is 16.7. The van der Waals surface area contributed by atoms with Crippen molar-refractivity contribution < 1.29 is 69.7 Å². The molecule has 2 aliphatic rings. The number of rotatable bonds is 6. The summed E-state index contributed by atoms with van der Waals surface area (Å²) in [6.45, 7) is -1.50. The van der Waals surface area contributed by atoms with Gasteiger partial charge in [0.05, 0.1) is 18.6 Å². The molecule has 10 N–H and O–H groups in total. The van der Waals surface area contributed by atoms with Crippen molar-refractivity contribution >= 4 is 11.0 Å². The quantitative estimate of drug-likeness (QED) is 0.133. The Labute approximate surface area is 236 Å². The van der Waals surface area contributed by atoms with E-state index in [9.17, 15) is 55.9 Å². The number of phenols is 2. The van der Waals surface area contributed by atoms with E-state index in [1.165, 1.54) is 24.3 Å². The molecule has 1 aromatic heterocycles. The fourth-order valence-corrected chi connectivity index (χ4v) is 4.99. The van der Waals surface area contributed by atoms with Crippen molar-refractivity contribution in [2.75, 3.05) is 13.2 Å². The molecule has 15 heteroatoms. The summed E-state index contributed by atoms with van der Waals surface area (Å²) in [6, 6.07) is 7.19. The molecule has 0 bridgehead atoms. The summed E-state index contributed by atoms with van der Waals surface area (Å²) < 4.78 is 22.8. The molecule has 10 unspecified atom stereocenters. The van der Waals surface area contributed by atoms with Gasteiger partial charge in [0.2, 0.25) is 6.29 Å². The average Bonchev–Trinajstić information content (AvgIpc) is 2.97. The SMILES string of the molecule is O=c1cc(-c2ccc(O)c(O)c2)oc2cc(OC3OC(CO)C(O)C(O)C3O)c(C3OC(CO)C(O)C(O)C3O)cc12. The van der Waals surface area contributed by atoms with Crippen molar-refractivity contribution in [3.05, 3.63) is 52.2 Å². The molecule has 2 fully saturated rings. The molecule has 0 radical (unpaired) electrons. The third-order valence-electron chi connectivity index (χ3n) is 7.41. The monoisotopic (exact) mass is 594 g/mol. The van der Waals surface area contributed by atoms with Gasteiger partial charge in [-0.25, -0.2) is 0 Å². The van der Waals surface area contributed by atoms with E-state index >= 15 is 0 Å². The summed E-state index contributed by atoms with van der Waals surface area (Å²) in [5.74, 6) is -1.17. The molecule has 10 atom stereocenters. The van der Waals surface area contributed by atoms with Crippen LogP contribution in [0.3, 0.4) is 0 Å². The lowest BCUT2D eigenvalue weighted by Gasteiger charge is -2.42. The maximum atomic E-state index is 13.2. The Morgan fingerprint density at radius 3 is 2.00 bits per heavy atom. The molecular weight excluding hydrogens is 564 g/mol. The molecule has 0 amide bonds. The molecule has 2 saturated heterocycles. The van der Waals surface area contributed by atoms with E-state index in [0.717, 1.165) is 12.1 Å². The molecule has 15 nitrogen and oxygen atoms in total. The van der Waals surface area contributed by atoms with Gasteiger partial charge in [0, 0.05) is 23.3 Å². The van der Waals surface area contributed by atoms with Crippen LogP contribution in [0, 0.1) is 0 Å². The van der Waals surface area contributed by atoms with Gasteiger partial charge < -0.3 is 69.7 Å². The van der Waals surface area contributed by atoms with Crippen LogP contribution in [0.15, 0.2) is 45.6 Å². The number of aromatic hydroxyl groups is 2. The van der Waals surface area contributed by atoms with Crippen LogP contribution in [0.1, 0.15) is 11.7 Å². The smallest absolute Gasteiger partial charge is 0.229 e. The molecule has 0 saturated carbocycles. The fourth-order valence-electron chi connectivity index (χ4n) is 4.99. The topological polar surface area (TPSA) is 260 Å².